The van der Waals surface area contributed by atoms with Crippen molar-refractivity contribution in [3.05, 3.63) is 47.7 Å². The molecule has 6 heteroatoms. The van der Waals surface area contributed by atoms with Crippen molar-refractivity contribution in [3.63, 3.8) is 0 Å². The maximum absolute atomic E-state index is 5.98. The first kappa shape index (κ1) is 15.4. The molecule has 1 aliphatic heterocycles. The molecule has 1 aromatic carbocycles. The van der Waals surface area contributed by atoms with Crippen molar-refractivity contribution >= 4 is 22.9 Å². The van der Waals surface area contributed by atoms with Crippen LogP contribution < -0.4 is 4.90 Å². The van der Waals surface area contributed by atoms with Gasteiger partial charge in [0.15, 0.2) is 5.82 Å². The second kappa shape index (κ2) is 6.42. The third kappa shape index (κ3) is 2.85. The lowest BCUT2D eigenvalue weighted by atomic mass is 10.1. The Morgan fingerprint density at radius 3 is 2.54 bits per heavy atom. The summed E-state index contributed by atoms with van der Waals surface area (Å²) in [5.74, 6) is 1.01. The summed E-state index contributed by atoms with van der Waals surface area (Å²) < 4.78 is 1.92. The van der Waals surface area contributed by atoms with Gasteiger partial charge < -0.3 is 9.80 Å². The molecule has 0 spiro atoms. The summed E-state index contributed by atoms with van der Waals surface area (Å²) >= 11 is 5.98. The summed E-state index contributed by atoms with van der Waals surface area (Å²) in [6.45, 7) is 7.49. The van der Waals surface area contributed by atoms with Gasteiger partial charge in [0.05, 0.1) is 5.69 Å². The predicted molar refractivity (Wildman–Crippen MR) is 97.8 cm³/mol. The number of nitrogens with zero attached hydrogens (tertiary/aromatic N) is 5. The molecule has 124 valence electrons. The minimum atomic E-state index is 0.735. The maximum Gasteiger partial charge on any atom is 0.154 e. The van der Waals surface area contributed by atoms with Gasteiger partial charge in [0.25, 0.3) is 0 Å². The van der Waals surface area contributed by atoms with E-state index in [0.29, 0.717) is 0 Å². The van der Waals surface area contributed by atoms with E-state index in [9.17, 15) is 0 Å². The highest BCUT2D eigenvalue weighted by Crippen LogP contribution is 2.26. The van der Waals surface area contributed by atoms with Gasteiger partial charge >= 0.3 is 0 Å². The lowest BCUT2D eigenvalue weighted by Gasteiger charge is -2.34. The Hall–Kier alpha value is -2.11. The number of halogens is 1. The smallest absolute Gasteiger partial charge is 0.154 e. The number of aromatic nitrogens is 3. The largest absolute Gasteiger partial charge is 0.352 e. The first-order valence-corrected chi connectivity index (χ1v) is 8.70. The average Bonchev–Trinajstić information content (AvgIpc) is 3.06. The number of hydrogen-bond donors (Lipinski definition) is 0. The van der Waals surface area contributed by atoms with Crippen LogP contribution in [0.2, 0.25) is 5.02 Å². The van der Waals surface area contributed by atoms with E-state index in [1.54, 1.807) is 0 Å². The number of piperazine rings is 1. The molecule has 0 bridgehead atoms. The molecule has 3 aromatic rings. The van der Waals surface area contributed by atoms with Crippen LogP contribution in [0.3, 0.4) is 0 Å². The Morgan fingerprint density at radius 1 is 1.08 bits per heavy atom. The Labute approximate surface area is 146 Å². The van der Waals surface area contributed by atoms with Crippen LogP contribution in [-0.2, 0) is 0 Å². The topological polar surface area (TPSA) is 36.7 Å². The molecule has 24 heavy (non-hydrogen) atoms. The number of hydrogen-bond acceptors (Lipinski definition) is 4. The summed E-state index contributed by atoms with van der Waals surface area (Å²) in [5, 5.41) is 5.43. The van der Waals surface area contributed by atoms with Crippen LogP contribution in [-0.4, -0.2) is 52.2 Å². The molecule has 0 unspecified atom stereocenters. The van der Waals surface area contributed by atoms with Crippen molar-refractivity contribution in [2.45, 2.75) is 6.92 Å². The third-order valence-electron chi connectivity index (χ3n) is 4.63. The number of benzene rings is 1. The lowest BCUT2D eigenvalue weighted by molar-refractivity contribution is 0.270. The monoisotopic (exact) mass is 341 g/mol. The molecule has 4 rings (SSSR count). The fourth-order valence-electron chi connectivity index (χ4n) is 3.19. The molecule has 0 amide bonds. The highest BCUT2D eigenvalue weighted by Gasteiger charge is 2.19. The molecular weight excluding hydrogens is 322 g/mol. The molecule has 1 saturated heterocycles. The molecule has 0 radical (unpaired) electrons. The third-order valence-corrected chi connectivity index (χ3v) is 4.88. The Kier molecular flexibility index (Phi) is 4.12. The predicted octanol–water partition coefficient (Wildman–Crippen LogP) is 3.19. The van der Waals surface area contributed by atoms with E-state index in [1.807, 2.05) is 41.2 Å². The van der Waals surface area contributed by atoms with Crippen LogP contribution in [0.4, 0.5) is 5.82 Å². The van der Waals surface area contributed by atoms with E-state index in [-0.39, 0.29) is 0 Å². The van der Waals surface area contributed by atoms with Crippen LogP contribution in [0.5, 0.6) is 0 Å². The lowest BCUT2D eigenvalue weighted by Crippen LogP contribution is -2.46. The molecular formula is C18H20ClN5. The maximum atomic E-state index is 5.98. The molecule has 0 saturated carbocycles. The van der Waals surface area contributed by atoms with Gasteiger partial charge in [-0.05, 0) is 24.7 Å². The van der Waals surface area contributed by atoms with Gasteiger partial charge in [-0.3, -0.25) is 0 Å². The van der Waals surface area contributed by atoms with Gasteiger partial charge in [0.2, 0.25) is 0 Å². The Bertz CT molecular complexity index is 834. The fourth-order valence-corrected chi connectivity index (χ4v) is 3.32. The van der Waals surface area contributed by atoms with Crippen LogP contribution in [0.15, 0.2) is 42.7 Å². The molecule has 0 atom stereocenters. The number of rotatable bonds is 3. The van der Waals surface area contributed by atoms with Crippen molar-refractivity contribution < 1.29 is 0 Å². The molecule has 5 nitrogen and oxygen atoms in total. The number of fused-ring (bicyclic) bond motifs is 1. The Balaban J connectivity index is 1.69. The molecule has 2 aromatic heterocycles. The Morgan fingerprint density at radius 2 is 1.83 bits per heavy atom. The van der Waals surface area contributed by atoms with Gasteiger partial charge in [-0.2, -0.15) is 5.10 Å². The van der Waals surface area contributed by atoms with Crippen molar-refractivity contribution in [1.29, 1.82) is 0 Å². The molecule has 1 aliphatic rings. The SMILES string of the molecule is CCN1CCN(c2nccn3nc(-c4ccc(Cl)cc4)cc23)CC1. The van der Waals surface area contributed by atoms with E-state index >= 15 is 0 Å². The minimum Gasteiger partial charge on any atom is -0.352 e. The van der Waals surface area contributed by atoms with Gasteiger partial charge in [-0.1, -0.05) is 30.7 Å². The summed E-state index contributed by atoms with van der Waals surface area (Å²) in [6.07, 6.45) is 3.73. The molecule has 0 aliphatic carbocycles. The van der Waals surface area contributed by atoms with E-state index < -0.39 is 0 Å². The van der Waals surface area contributed by atoms with Crippen LogP contribution in [0.25, 0.3) is 16.8 Å². The summed E-state index contributed by atoms with van der Waals surface area (Å²) in [6, 6.07) is 9.89. The van der Waals surface area contributed by atoms with Crippen LogP contribution in [0, 0.1) is 0 Å². The highest BCUT2D eigenvalue weighted by molar-refractivity contribution is 6.30. The van der Waals surface area contributed by atoms with Gasteiger partial charge in [-0.15, -0.1) is 0 Å². The first-order valence-electron chi connectivity index (χ1n) is 8.32. The molecule has 1 fully saturated rings. The van der Waals surface area contributed by atoms with Crippen molar-refractivity contribution in [3.8, 4) is 11.3 Å². The minimum absolute atomic E-state index is 0.735. The summed E-state index contributed by atoms with van der Waals surface area (Å²) in [4.78, 5) is 9.45. The van der Waals surface area contributed by atoms with Gasteiger partial charge in [-0.25, -0.2) is 9.50 Å². The summed E-state index contributed by atoms with van der Waals surface area (Å²) in [5.41, 5.74) is 3.05. The van der Waals surface area contributed by atoms with Crippen LogP contribution in [0.1, 0.15) is 6.92 Å². The van der Waals surface area contributed by atoms with Gasteiger partial charge in [0, 0.05) is 49.2 Å². The standard InChI is InChI=1S/C18H20ClN5/c1-2-22-9-11-23(12-10-22)18-17-13-16(21-24(17)8-7-20-18)14-3-5-15(19)6-4-14/h3-8,13H,2,9-12H2,1H3. The quantitative estimate of drug-likeness (QED) is 0.733. The van der Waals surface area contributed by atoms with E-state index in [2.05, 4.69) is 27.8 Å². The zero-order valence-corrected chi connectivity index (χ0v) is 14.4. The highest BCUT2D eigenvalue weighted by atomic mass is 35.5. The average molecular weight is 342 g/mol. The number of likely N-dealkylation sites (N-methyl/N-ethyl adjacent to an activating group) is 1. The second-order valence-corrected chi connectivity index (χ2v) is 6.47. The molecule has 3 heterocycles. The first-order chi connectivity index (χ1) is 11.7. The fraction of sp³-hybridized carbons (Fsp3) is 0.333. The van der Waals surface area contributed by atoms with Crippen LogP contribution >= 0.6 is 11.6 Å². The number of anilines is 1. The zero-order chi connectivity index (χ0) is 16.5. The van der Waals surface area contributed by atoms with E-state index in [1.165, 1.54) is 0 Å². The van der Waals surface area contributed by atoms with Gasteiger partial charge in [0.1, 0.15) is 5.52 Å². The van der Waals surface area contributed by atoms with Crippen molar-refractivity contribution in [2.75, 3.05) is 37.6 Å². The van der Waals surface area contributed by atoms with Crippen molar-refractivity contribution in [1.82, 2.24) is 19.5 Å². The second-order valence-electron chi connectivity index (χ2n) is 6.04. The normalized spacial score (nSPS) is 16.0. The zero-order valence-electron chi connectivity index (χ0n) is 13.7. The van der Waals surface area contributed by atoms with Crippen molar-refractivity contribution in [2.24, 2.45) is 0 Å². The van der Waals surface area contributed by atoms with E-state index in [4.69, 9.17) is 16.7 Å². The molecule has 0 N–H and O–H groups in total. The van der Waals surface area contributed by atoms with E-state index in [0.717, 1.165) is 60.3 Å². The summed E-state index contributed by atoms with van der Waals surface area (Å²) in [7, 11) is 0.